The first-order chi connectivity index (χ1) is 13.3. The average Bonchev–Trinajstić information content (AvgIpc) is 3.28. The Morgan fingerprint density at radius 1 is 1.25 bits per heavy atom. The molecule has 148 valence electrons. The summed E-state index contributed by atoms with van der Waals surface area (Å²) >= 11 is 2.71. The summed E-state index contributed by atoms with van der Waals surface area (Å²) in [6, 6.07) is 8.09. The molecule has 0 aliphatic rings. The fraction of sp³-hybridized carbons (Fsp3) is 0.368. The van der Waals surface area contributed by atoms with Gasteiger partial charge in [-0.2, -0.15) is 0 Å². The SMILES string of the molecule is Cn1c(COc2ccc(C(C)(C)C)cc2)nnc1SCC(=O)Nc1nccs1. The molecule has 0 fully saturated rings. The lowest BCUT2D eigenvalue weighted by Crippen LogP contribution is -2.14. The predicted octanol–water partition coefficient (Wildman–Crippen LogP) is 3.88. The molecule has 0 bridgehead atoms. The van der Waals surface area contributed by atoms with E-state index < -0.39 is 0 Å². The highest BCUT2D eigenvalue weighted by Gasteiger charge is 2.14. The average molecular weight is 418 g/mol. The summed E-state index contributed by atoms with van der Waals surface area (Å²) in [5, 5.41) is 14.1. The number of thioether (sulfide) groups is 1. The molecule has 0 unspecified atom stereocenters. The van der Waals surface area contributed by atoms with Crippen molar-refractivity contribution in [3.05, 3.63) is 47.2 Å². The summed E-state index contributed by atoms with van der Waals surface area (Å²) in [7, 11) is 1.86. The number of nitrogens with zero attached hydrogens (tertiary/aromatic N) is 4. The lowest BCUT2D eigenvalue weighted by Gasteiger charge is -2.19. The normalized spacial score (nSPS) is 11.4. The van der Waals surface area contributed by atoms with Gasteiger partial charge < -0.3 is 14.6 Å². The van der Waals surface area contributed by atoms with Gasteiger partial charge in [0.1, 0.15) is 12.4 Å². The van der Waals surface area contributed by atoms with Crippen LogP contribution in [-0.2, 0) is 23.9 Å². The second-order valence-corrected chi connectivity index (χ2v) is 9.03. The Bertz CT molecular complexity index is 915. The largest absolute Gasteiger partial charge is 0.486 e. The van der Waals surface area contributed by atoms with E-state index in [1.54, 1.807) is 6.20 Å². The number of aromatic nitrogens is 4. The second kappa shape index (κ2) is 8.74. The summed E-state index contributed by atoms with van der Waals surface area (Å²) in [6.45, 7) is 6.85. The smallest absolute Gasteiger partial charge is 0.236 e. The van der Waals surface area contributed by atoms with Crippen LogP contribution in [0.4, 0.5) is 5.13 Å². The molecule has 0 saturated heterocycles. The summed E-state index contributed by atoms with van der Waals surface area (Å²) in [6.07, 6.45) is 1.65. The molecule has 3 aromatic rings. The maximum absolute atomic E-state index is 12.0. The monoisotopic (exact) mass is 417 g/mol. The van der Waals surface area contributed by atoms with E-state index in [0.717, 1.165) is 5.75 Å². The molecule has 1 N–H and O–H groups in total. The highest BCUT2D eigenvalue weighted by Crippen LogP contribution is 2.25. The maximum atomic E-state index is 12.0. The maximum Gasteiger partial charge on any atom is 0.236 e. The highest BCUT2D eigenvalue weighted by atomic mass is 32.2. The van der Waals surface area contributed by atoms with Crippen LogP contribution in [0.25, 0.3) is 0 Å². The third-order valence-corrected chi connectivity index (χ3v) is 5.73. The molecular weight excluding hydrogens is 394 g/mol. The summed E-state index contributed by atoms with van der Waals surface area (Å²) in [5.41, 5.74) is 1.37. The Morgan fingerprint density at radius 3 is 2.64 bits per heavy atom. The quantitative estimate of drug-likeness (QED) is 0.588. The van der Waals surface area contributed by atoms with Crippen molar-refractivity contribution in [2.75, 3.05) is 11.1 Å². The lowest BCUT2D eigenvalue weighted by molar-refractivity contribution is -0.113. The van der Waals surface area contributed by atoms with Crippen LogP contribution in [0.1, 0.15) is 32.2 Å². The molecule has 9 heteroatoms. The van der Waals surface area contributed by atoms with Crippen molar-refractivity contribution in [2.45, 2.75) is 37.9 Å². The molecule has 3 rings (SSSR count). The highest BCUT2D eigenvalue weighted by molar-refractivity contribution is 7.99. The van der Waals surface area contributed by atoms with E-state index in [1.165, 1.54) is 28.7 Å². The van der Waals surface area contributed by atoms with Gasteiger partial charge in [-0.15, -0.1) is 21.5 Å². The Kier molecular flexibility index (Phi) is 6.35. The lowest BCUT2D eigenvalue weighted by atomic mass is 9.87. The second-order valence-electron chi connectivity index (χ2n) is 7.19. The number of nitrogens with one attached hydrogen (secondary N) is 1. The van der Waals surface area contributed by atoms with Gasteiger partial charge in [0.25, 0.3) is 0 Å². The van der Waals surface area contributed by atoms with Crippen molar-refractivity contribution in [2.24, 2.45) is 7.05 Å². The van der Waals surface area contributed by atoms with Gasteiger partial charge in [0.2, 0.25) is 5.91 Å². The molecule has 1 amide bonds. The van der Waals surface area contributed by atoms with Crippen molar-refractivity contribution in [3.63, 3.8) is 0 Å². The molecule has 0 spiro atoms. The number of rotatable bonds is 7. The molecule has 7 nitrogen and oxygen atoms in total. The first-order valence-electron chi connectivity index (χ1n) is 8.76. The number of amides is 1. The Labute approximate surface area is 172 Å². The molecule has 28 heavy (non-hydrogen) atoms. The zero-order valence-corrected chi connectivity index (χ0v) is 17.9. The molecule has 2 aromatic heterocycles. The van der Waals surface area contributed by atoms with Crippen LogP contribution in [0.15, 0.2) is 41.0 Å². The van der Waals surface area contributed by atoms with E-state index >= 15 is 0 Å². The Hall–Kier alpha value is -2.39. The van der Waals surface area contributed by atoms with Crippen LogP contribution in [0.2, 0.25) is 0 Å². The minimum absolute atomic E-state index is 0.111. The van der Waals surface area contributed by atoms with Crippen molar-refractivity contribution < 1.29 is 9.53 Å². The minimum Gasteiger partial charge on any atom is -0.486 e. The number of benzene rings is 1. The first-order valence-corrected chi connectivity index (χ1v) is 10.6. The number of thiazole rings is 1. The molecule has 1 aromatic carbocycles. The number of anilines is 1. The fourth-order valence-electron chi connectivity index (χ4n) is 2.37. The van der Waals surface area contributed by atoms with Crippen LogP contribution in [0, 0.1) is 0 Å². The third-order valence-electron chi connectivity index (χ3n) is 4.02. The number of hydrogen-bond donors (Lipinski definition) is 1. The third kappa shape index (κ3) is 5.32. The fourth-order valence-corrected chi connectivity index (χ4v) is 3.64. The first kappa shape index (κ1) is 20.3. The van der Waals surface area contributed by atoms with E-state index in [4.69, 9.17) is 4.74 Å². The molecule has 0 aliphatic carbocycles. The summed E-state index contributed by atoms with van der Waals surface area (Å²) < 4.78 is 7.67. The number of hydrogen-bond acceptors (Lipinski definition) is 7. The van der Waals surface area contributed by atoms with Crippen molar-refractivity contribution in [1.29, 1.82) is 0 Å². The van der Waals surface area contributed by atoms with Crippen LogP contribution < -0.4 is 10.1 Å². The van der Waals surface area contributed by atoms with E-state index in [2.05, 4.69) is 53.4 Å². The zero-order chi connectivity index (χ0) is 20.1. The molecule has 0 saturated carbocycles. The van der Waals surface area contributed by atoms with Gasteiger partial charge in [-0.05, 0) is 23.1 Å². The molecule has 0 atom stereocenters. The molecule has 0 aliphatic heterocycles. The van der Waals surface area contributed by atoms with Crippen molar-refractivity contribution >= 4 is 34.1 Å². The van der Waals surface area contributed by atoms with Crippen LogP contribution >= 0.6 is 23.1 Å². The molecule has 2 heterocycles. The summed E-state index contributed by atoms with van der Waals surface area (Å²) in [4.78, 5) is 16.0. The number of carbonyl (C=O) groups is 1. The van der Waals surface area contributed by atoms with E-state index in [9.17, 15) is 4.79 Å². The Morgan fingerprint density at radius 2 is 2.00 bits per heavy atom. The van der Waals surface area contributed by atoms with Crippen LogP contribution in [-0.4, -0.2) is 31.4 Å². The van der Waals surface area contributed by atoms with Gasteiger partial charge in [0.15, 0.2) is 16.1 Å². The van der Waals surface area contributed by atoms with E-state index in [-0.39, 0.29) is 17.1 Å². The zero-order valence-electron chi connectivity index (χ0n) is 16.3. The van der Waals surface area contributed by atoms with Gasteiger partial charge in [0, 0.05) is 18.6 Å². The van der Waals surface area contributed by atoms with Gasteiger partial charge in [0.05, 0.1) is 5.75 Å². The Balaban J connectivity index is 1.52. The standard InChI is InChI=1S/C19H23N5O2S2/c1-19(2,3)13-5-7-14(8-6-13)26-11-15-22-23-18(24(15)4)28-12-16(25)21-17-20-9-10-27-17/h5-10H,11-12H2,1-4H3,(H,20,21,25). The van der Waals surface area contributed by atoms with Gasteiger partial charge in [-0.3, -0.25) is 4.79 Å². The summed E-state index contributed by atoms with van der Waals surface area (Å²) in [5.74, 6) is 1.59. The predicted molar refractivity (Wildman–Crippen MR) is 112 cm³/mol. The van der Waals surface area contributed by atoms with Gasteiger partial charge in [-0.1, -0.05) is 44.7 Å². The number of ether oxygens (including phenoxy) is 1. The van der Waals surface area contributed by atoms with Crippen molar-refractivity contribution in [1.82, 2.24) is 19.7 Å². The van der Waals surface area contributed by atoms with E-state index in [1.807, 2.05) is 29.1 Å². The minimum atomic E-state index is -0.125. The van der Waals surface area contributed by atoms with Gasteiger partial charge >= 0.3 is 0 Å². The molecular formula is C19H23N5O2S2. The molecule has 0 radical (unpaired) electrons. The van der Waals surface area contributed by atoms with Crippen LogP contribution in [0.3, 0.4) is 0 Å². The topological polar surface area (TPSA) is 81.9 Å². The van der Waals surface area contributed by atoms with Gasteiger partial charge in [-0.25, -0.2) is 4.98 Å². The number of carbonyl (C=O) groups excluding carboxylic acids is 1. The van der Waals surface area contributed by atoms with E-state index in [0.29, 0.717) is 22.7 Å². The van der Waals surface area contributed by atoms with Crippen LogP contribution in [0.5, 0.6) is 5.75 Å². The van der Waals surface area contributed by atoms with Crippen molar-refractivity contribution in [3.8, 4) is 5.75 Å².